The molecule has 0 bridgehead atoms. The SMILES string of the molecule is C/C=C(\N=N)NC(=O)Cc1ccccc1. The number of nitrogens with zero attached hydrogens (tertiary/aromatic N) is 1. The van der Waals surface area contributed by atoms with E-state index in [1.807, 2.05) is 30.3 Å². The maximum absolute atomic E-state index is 11.4. The zero-order valence-corrected chi connectivity index (χ0v) is 8.53. The molecule has 0 spiro atoms. The summed E-state index contributed by atoms with van der Waals surface area (Å²) in [5, 5.41) is 5.70. The summed E-state index contributed by atoms with van der Waals surface area (Å²) < 4.78 is 0. The number of carbonyl (C=O) groups is 1. The van der Waals surface area contributed by atoms with E-state index in [-0.39, 0.29) is 11.7 Å². The Morgan fingerprint density at radius 2 is 2.13 bits per heavy atom. The van der Waals surface area contributed by atoms with Crippen molar-refractivity contribution < 1.29 is 4.79 Å². The van der Waals surface area contributed by atoms with Crippen LogP contribution < -0.4 is 5.32 Å². The lowest BCUT2D eigenvalue weighted by Gasteiger charge is -2.03. The van der Waals surface area contributed by atoms with E-state index < -0.39 is 0 Å². The quantitative estimate of drug-likeness (QED) is 0.724. The zero-order valence-electron chi connectivity index (χ0n) is 8.53. The topological polar surface area (TPSA) is 65.3 Å². The molecule has 0 radical (unpaired) electrons. The second-order valence-corrected chi connectivity index (χ2v) is 3.00. The number of nitrogens with one attached hydrogen (secondary N) is 2. The van der Waals surface area contributed by atoms with Gasteiger partial charge in [-0.1, -0.05) is 30.3 Å². The minimum atomic E-state index is -0.162. The number of carbonyl (C=O) groups excluding carboxylic acids is 1. The average molecular weight is 203 g/mol. The fraction of sp³-hybridized carbons (Fsp3) is 0.182. The fourth-order valence-corrected chi connectivity index (χ4v) is 1.13. The van der Waals surface area contributed by atoms with E-state index in [9.17, 15) is 4.79 Å². The van der Waals surface area contributed by atoms with Gasteiger partial charge < -0.3 is 5.32 Å². The van der Waals surface area contributed by atoms with Crippen molar-refractivity contribution in [3.63, 3.8) is 0 Å². The average Bonchev–Trinajstić information content (AvgIpc) is 2.27. The normalized spacial score (nSPS) is 10.9. The van der Waals surface area contributed by atoms with Crippen molar-refractivity contribution in [1.29, 1.82) is 5.53 Å². The molecule has 0 unspecified atom stereocenters. The van der Waals surface area contributed by atoms with Gasteiger partial charge in [-0.15, -0.1) is 5.11 Å². The highest BCUT2D eigenvalue weighted by Gasteiger charge is 2.03. The number of benzene rings is 1. The van der Waals surface area contributed by atoms with E-state index >= 15 is 0 Å². The van der Waals surface area contributed by atoms with E-state index in [0.717, 1.165) is 5.56 Å². The molecule has 1 aromatic carbocycles. The Morgan fingerprint density at radius 1 is 1.47 bits per heavy atom. The highest BCUT2D eigenvalue weighted by molar-refractivity contribution is 5.80. The summed E-state index contributed by atoms with van der Waals surface area (Å²) in [5.41, 5.74) is 7.72. The van der Waals surface area contributed by atoms with Crippen LogP contribution in [0, 0.1) is 5.53 Å². The Bertz CT molecular complexity index is 371. The first-order valence-electron chi connectivity index (χ1n) is 4.64. The smallest absolute Gasteiger partial charge is 0.229 e. The Kier molecular flexibility index (Phi) is 4.22. The number of hydrogen-bond donors (Lipinski definition) is 2. The van der Waals surface area contributed by atoms with Crippen LogP contribution >= 0.6 is 0 Å². The predicted octanol–water partition coefficient (Wildman–Crippen LogP) is 2.24. The minimum absolute atomic E-state index is 0.162. The van der Waals surface area contributed by atoms with E-state index in [4.69, 9.17) is 5.53 Å². The van der Waals surface area contributed by atoms with Crippen LogP contribution in [0.15, 0.2) is 47.3 Å². The highest BCUT2D eigenvalue weighted by Crippen LogP contribution is 2.00. The molecule has 0 fully saturated rings. The zero-order chi connectivity index (χ0) is 11.1. The number of amides is 1. The molecule has 0 aromatic heterocycles. The molecule has 15 heavy (non-hydrogen) atoms. The summed E-state index contributed by atoms with van der Waals surface area (Å²) in [7, 11) is 0. The maximum Gasteiger partial charge on any atom is 0.229 e. The molecule has 4 heteroatoms. The van der Waals surface area contributed by atoms with Gasteiger partial charge in [0.25, 0.3) is 0 Å². The van der Waals surface area contributed by atoms with Crippen molar-refractivity contribution in [1.82, 2.24) is 5.32 Å². The molecular formula is C11H13N3O. The molecule has 1 aromatic rings. The minimum Gasteiger partial charge on any atom is -0.309 e. The molecule has 1 rings (SSSR count). The van der Waals surface area contributed by atoms with Crippen LogP contribution in [-0.4, -0.2) is 5.91 Å². The summed E-state index contributed by atoms with van der Waals surface area (Å²) in [5.74, 6) is 0.112. The Balaban J connectivity index is 2.54. The van der Waals surface area contributed by atoms with Gasteiger partial charge in [0.1, 0.15) is 5.82 Å². The van der Waals surface area contributed by atoms with Crippen LogP contribution in [0.3, 0.4) is 0 Å². The summed E-state index contributed by atoms with van der Waals surface area (Å²) >= 11 is 0. The second-order valence-electron chi connectivity index (χ2n) is 3.00. The van der Waals surface area contributed by atoms with Gasteiger partial charge in [0.05, 0.1) is 6.42 Å². The monoisotopic (exact) mass is 203 g/mol. The first-order chi connectivity index (χ1) is 7.26. The number of allylic oxidation sites excluding steroid dienone is 1. The molecule has 0 aliphatic heterocycles. The van der Waals surface area contributed by atoms with Gasteiger partial charge >= 0.3 is 0 Å². The molecule has 2 N–H and O–H groups in total. The molecule has 0 saturated carbocycles. The van der Waals surface area contributed by atoms with E-state index in [2.05, 4.69) is 10.4 Å². The third-order valence-corrected chi connectivity index (χ3v) is 1.87. The molecule has 4 nitrogen and oxygen atoms in total. The Morgan fingerprint density at radius 3 is 2.67 bits per heavy atom. The van der Waals surface area contributed by atoms with Crippen molar-refractivity contribution in [3.05, 3.63) is 47.8 Å². The third kappa shape index (κ3) is 3.72. The fourth-order valence-electron chi connectivity index (χ4n) is 1.13. The molecule has 0 atom stereocenters. The van der Waals surface area contributed by atoms with Gasteiger partial charge in [0, 0.05) is 0 Å². The summed E-state index contributed by atoms with van der Waals surface area (Å²) in [6, 6.07) is 9.43. The molecule has 0 aliphatic rings. The molecular weight excluding hydrogens is 190 g/mol. The lowest BCUT2D eigenvalue weighted by molar-refractivity contribution is -0.119. The van der Waals surface area contributed by atoms with Gasteiger partial charge in [0.2, 0.25) is 5.91 Å². The first-order valence-corrected chi connectivity index (χ1v) is 4.64. The van der Waals surface area contributed by atoms with E-state index in [1.165, 1.54) is 0 Å². The molecule has 0 saturated heterocycles. The molecule has 0 heterocycles. The molecule has 1 amide bonds. The highest BCUT2D eigenvalue weighted by atomic mass is 16.1. The van der Waals surface area contributed by atoms with Crippen molar-refractivity contribution in [2.24, 2.45) is 5.11 Å². The van der Waals surface area contributed by atoms with Crippen LogP contribution in [0.4, 0.5) is 0 Å². The van der Waals surface area contributed by atoms with E-state index in [1.54, 1.807) is 13.0 Å². The van der Waals surface area contributed by atoms with Crippen molar-refractivity contribution in [3.8, 4) is 0 Å². The van der Waals surface area contributed by atoms with E-state index in [0.29, 0.717) is 6.42 Å². The van der Waals surface area contributed by atoms with Gasteiger partial charge in [0.15, 0.2) is 0 Å². The van der Waals surface area contributed by atoms with Gasteiger partial charge in [-0.05, 0) is 18.6 Å². The van der Waals surface area contributed by atoms with Crippen LogP contribution in [0.1, 0.15) is 12.5 Å². The molecule has 78 valence electrons. The van der Waals surface area contributed by atoms with Crippen LogP contribution in [0.2, 0.25) is 0 Å². The lowest BCUT2D eigenvalue weighted by atomic mass is 10.1. The van der Waals surface area contributed by atoms with Gasteiger partial charge in [-0.3, -0.25) is 4.79 Å². The largest absolute Gasteiger partial charge is 0.309 e. The standard InChI is InChI=1S/C11H13N3O/c1-2-10(14-12)13-11(15)8-9-6-4-3-5-7-9/h2-7,12H,8H2,1H3,(H,13,15)/b10-2-,14-12?. The molecule has 0 aliphatic carbocycles. The van der Waals surface area contributed by atoms with Crippen molar-refractivity contribution in [2.45, 2.75) is 13.3 Å². The van der Waals surface area contributed by atoms with Crippen molar-refractivity contribution in [2.75, 3.05) is 0 Å². The van der Waals surface area contributed by atoms with Crippen LogP contribution in [-0.2, 0) is 11.2 Å². The maximum atomic E-state index is 11.4. The summed E-state index contributed by atoms with van der Waals surface area (Å²) in [6.45, 7) is 1.72. The first kappa shape index (κ1) is 11.1. The predicted molar refractivity (Wildman–Crippen MR) is 57.2 cm³/mol. The van der Waals surface area contributed by atoms with Crippen molar-refractivity contribution >= 4 is 5.91 Å². The van der Waals surface area contributed by atoms with Crippen LogP contribution in [0.25, 0.3) is 0 Å². The summed E-state index contributed by atoms with van der Waals surface area (Å²) in [6.07, 6.45) is 1.88. The second kappa shape index (κ2) is 5.70. The lowest BCUT2D eigenvalue weighted by Crippen LogP contribution is -2.23. The number of rotatable bonds is 4. The summed E-state index contributed by atoms with van der Waals surface area (Å²) in [4.78, 5) is 11.4. The third-order valence-electron chi connectivity index (χ3n) is 1.87. The van der Waals surface area contributed by atoms with Crippen LogP contribution in [0.5, 0.6) is 0 Å². The number of hydrogen-bond acceptors (Lipinski definition) is 3. The Hall–Kier alpha value is -1.97. The van der Waals surface area contributed by atoms with Gasteiger partial charge in [-0.2, -0.15) is 0 Å². The Labute approximate surface area is 88.5 Å². The van der Waals surface area contributed by atoms with Gasteiger partial charge in [-0.25, -0.2) is 5.53 Å².